The van der Waals surface area contributed by atoms with Gasteiger partial charge < -0.3 is 0 Å². The minimum Gasteiger partial charge on any atom is -0.264 e. The number of hydrogen-bond acceptors (Lipinski definition) is 3. The van der Waals surface area contributed by atoms with Gasteiger partial charge in [-0.3, -0.25) is 4.98 Å². The number of rotatable bonds is 7. The number of nitrogens with zero attached hydrogens (tertiary/aromatic N) is 3. The molecule has 0 saturated carbocycles. The quantitative estimate of drug-likeness (QED) is 0.166. The number of benzene rings is 7. The van der Waals surface area contributed by atoms with Crippen molar-refractivity contribution in [3.8, 4) is 67.3 Å². The Labute approximate surface area is 321 Å². The predicted molar refractivity (Wildman–Crippen MR) is 224 cm³/mol. The number of pyridine rings is 1. The fourth-order valence-corrected chi connectivity index (χ4v) is 8.38. The monoisotopic (exact) mass is 701 g/mol. The molecular formula is C52H35N3. The molecule has 0 bridgehead atoms. The van der Waals surface area contributed by atoms with E-state index in [9.17, 15) is 0 Å². The lowest BCUT2D eigenvalue weighted by Gasteiger charge is -2.34. The van der Waals surface area contributed by atoms with Crippen LogP contribution in [0.2, 0.25) is 0 Å². The standard InChI is InChI=1S/C52H35N3/c1-4-14-38(15-5-1)48-34-49(55-51(54-48)40-31-25-36(26-32-40)41-16-13-33-53-35-41)39-29-27-37(28-30-39)44-22-12-24-47-50(44)45-21-10-11-23-46(45)52(47,42-17-6-2-7-18-42)43-19-8-3-9-20-43/h1-35H. The van der Waals surface area contributed by atoms with Crippen molar-refractivity contribution in [1.29, 1.82) is 0 Å². The molecule has 0 saturated heterocycles. The molecule has 0 N–H and O–H groups in total. The molecule has 7 aromatic carbocycles. The van der Waals surface area contributed by atoms with E-state index >= 15 is 0 Å². The van der Waals surface area contributed by atoms with Crippen LogP contribution >= 0.6 is 0 Å². The molecule has 0 amide bonds. The highest BCUT2D eigenvalue weighted by atomic mass is 14.9. The molecule has 0 fully saturated rings. The van der Waals surface area contributed by atoms with E-state index in [0.717, 1.165) is 44.8 Å². The summed E-state index contributed by atoms with van der Waals surface area (Å²) in [6.45, 7) is 0. The molecule has 3 nitrogen and oxygen atoms in total. The van der Waals surface area contributed by atoms with E-state index in [1.807, 2.05) is 18.3 Å². The number of fused-ring (bicyclic) bond motifs is 3. The van der Waals surface area contributed by atoms with Crippen LogP contribution in [0.5, 0.6) is 0 Å². The van der Waals surface area contributed by atoms with E-state index in [1.165, 1.54) is 38.9 Å². The summed E-state index contributed by atoms with van der Waals surface area (Å²) in [7, 11) is 0. The molecule has 10 rings (SSSR count). The molecule has 0 unspecified atom stereocenters. The molecule has 3 heteroatoms. The lowest BCUT2D eigenvalue weighted by atomic mass is 9.67. The van der Waals surface area contributed by atoms with Crippen molar-refractivity contribution in [2.45, 2.75) is 5.41 Å². The van der Waals surface area contributed by atoms with Gasteiger partial charge in [-0.2, -0.15) is 0 Å². The first-order valence-corrected chi connectivity index (χ1v) is 18.7. The minimum absolute atomic E-state index is 0.439. The Morgan fingerprint density at radius 2 is 0.855 bits per heavy atom. The molecule has 1 aliphatic carbocycles. The van der Waals surface area contributed by atoms with Crippen LogP contribution in [-0.2, 0) is 5.41 Å². The first kappa shape index (κ1) is 32.4. The van der Waals surface area contributed by atoms with E-state index in [4.69, 9.17) is 9.97 Å². The molecule has 0 aliphatic heterocycles. The van der Waals surface area contributed by atoms with Crippen molar-refractivity contribution in [2.24, 2.45) is 0 Å². The third kappa shape index (κ3) is 5.57. The van der Waals surface area contributed by atoms with Gasteiger partial charge in [-0.15, -0.1) is 0 Å². The van der Waals surface area contributed by atoms with Gasteiger partial charge in [0.05, 0.1) is 16.8 Å². The third-order valence-corrected chi connectivity index (χ3v) is 10.9. The lowest BCUT2D eigenvalue weighted by Crippen LogP contribution is -2.28. The predicted octanol–water partition coefficient (Wildman–Crippen LogP) is 12.6. The van der Waals surface area contributed by atoms with Crippen LogP contribution in [0.15, 0.2) is 213 Å². The second-order valence-electron chi connectivity index (χ2n) is 14.0. The molecular weight excluding hydrogens is 667 g/mol. The number of aromatic nitrogens is 3. The van der Waals surface area contributed by atoms with Gasteiger partial charge in [0.15, 0.2) is 5.82 Å². The van der Waals surface area contributed by atoms with Crippen LogP contribution < -0.4 is 0 Å². The largest absolute Gasteiger partial charge is 0.264 e. The van der Waals surface area contributed by atoms with E-state index in [-0.39, 0.29) is 0 Å². The summed E-state index contributed by atoms with van der Waals surface area (Å²) in [6.07, 6.45) is 3.68. The maximum atomic E-state index is 5.15. The zero-order valence-corrected chi connectivity index (χ0v) is 30.0. The zero-order valence-electron chi connectivity index (χ0n) is 30.0. The van der Waals surface area contributed by atoms with Crippen LogP contribution in [0.4, 0.5) is 0 Å². The van der Waals surface area contributed by atoms with Crippen LogP contribution in [0.3, 0.4) is 0 Å². The SMILES string of the molecule is c1ccc(-c2cc(-c3ccc(-c4cccc5c4-c4ccccc4C5(c4ccccc4)c4ccccc4)cc3)nc(-c3ccc(-c4cccnc4)cc3)n2)cc1. The summed E-state index contributed by atoms with van der Waals surface area (Å²) in [5, 5.41) is 0. The van der Waals surface area contributed by atoms with Crippen molar-refractivity contribution in [3.05, 3.63) is 235 Å². The Kier molecular flexibility index (Phi) is 8.04. The highest BCUT2D eigenvalue weighted by Crippen LogP contribution is 2.58. The summed E-state index contributed by atoms with van der Waals surface area (Å²) in [5.74, 6) is 0.689. The van der Waals surface area contributed by atoms with E-state index in [0.29, 0.717) is 5.82 Å². The Bertz CT molecular complexity index is 2720. The van der Waals surface area contributed by atoms with Gasteiger partial charge in [0.2, 0.25) is 0 Å². The molecule has 0 spiro atoms. The average molecular weight is 702 g/mol. The fourth-order valence-electron chi connectivity index (χ4n) is 8.38. The van der Waals surface area contributed by atoms with Crippen molar-refractivity contribution in [3.63, 3.8) is 0 Å². The van der Waals surface area contributed by atoms with E-state index in [2.05, 4.69) is 193 Å². The normalized spacial score (nSPS) is 12.5. The molecule has 0 atom stereocenters. The molecule has 2 heterocycles. The molecule has 9 aromatic rings. The van der Waals surface area contributed by atoms with Crippen LogP contribution in [-0.4, -0.2) is 15.0 Å². The van der Waals surface area contributed by atoms with Gasteiger partial charge in [-0.25, -0.2) is 9.97 Å². The first-order valence-electron chi connectivity index (χ1n) is 18.7. The Balaban J connectivity index is 1.09. The van der Waals surface area contributed by atoms with Gasteiger partial charge >= 0.3 is 0 Å². The van der Waals surface area contributed by atoms with Gasteiger partial charge in [0.1, 0.15) is 0 Å². The summed E-state index contributed by atoms with van der Waals surface area (Å²) in [6, 6.07) is 71.4. The Morgan fingerprint density at radius 1 is 0.345 bits per heavy atom. The van der Waals surface area contributed by atoms with Gasteiger partial charge in [-0.05, 0) is 67.8 Å². The highest BCUT2D eigenvalue weighted by molar-refractivity contribution is 5.95. The summed E-state index contributed by atoms with van der Waals surface area (Å²) in [5.41, 5.74) is 16.6. The van der Waals surface area contributed by atoms with Crippen LogP contribution in [0, 0.1) is 0 Å². The topological polar surface area (TPSA) is 38.7 Å². The van der Waals surface area contributed by atoms with Crippen molar-refractivity contribution in [2.75, 3.05) is 0 Å². The summed E-state index contributed by atoms with van der Waals surface area (Å²) >= 11 is 0. The van der Waals surface area contributed by atoms with Crippen LogP contribution in [0.1, 0.15) is 22.3 Å². The molecule has 1 aliphatic rings. The van der Waals surface area contributed by atoms with Crippen molar-refractivity contribution < 1.29 is 0 Å². The van der Waals surface area contributed by atoms with Crippen molar-refractivity contribution >= 4 is 0 Å². The van der Waals surface area contributed by atoms with E-state index < -0.39 is 5.41 Å². The molecule has 0 radical (unpaired) electrons. The highest BCUT2D eigenvalue weighted by Gasteiger charge is 2.46. The maximum Gasteiger partial charge on any atom is 0.160 e. The zero-order chi connectivity index (χ0) is 36.6. The average Bonchev–Trinajstić information content (AvgIpc) is 3.59. The summed E-state index contributed by atoms with van der Waals surface area (Å²) in [4.78, 5) is 14.5. The molecule has 55 heavy (non-hydrogen) atoms. The first-order chi connectivity index (χ1) is 27.3. The second kappa shape index (κ2) is 13.6. The minimum atomic E-state index is -0.439. The number of hydrogen-bond donors (Lipinski definition) is 0. The maximum absolute atomic E-state index is 5.15. The van der Waals surface area contributed by atoms with Gasteiger partial charge in [-0.1, -0.05) is 188 Å². The molecule has 258 valence electrons. The fraction of sp³-hybridized carbons (Fsp3) is 0.0192. The van der Waals surface area contributed by atoms with Crippen LogP contribution in [0.25, 0.3) is 67.3 Å². The molecule has 2 aromatic heterocycles. The Morgan fingerprint density at radius 3 is 1.51 bits per heavy atom. The van der Waals surface area contributed by atoms with E-state index in [1.54, 1.807) is 6.20 Å². The second-order valence-corrected chi connectivity index (χ2v) is 14.0. The third-order valence-electron chi connectivity index (χ3n) is 10.9. The lowest BCUT2D eigenvalue weighted by molar-refractivity contribution is 0.768. The Hall–Kier alpha value is -7.23. The van der Waals surface area contributed by atoms with Gasteiger partial charge in [0.25, 0.3) is 0 Å². The smallest absolute Gasteiger partial charge is 0.160 e. The van der Waals surface area contributed by atoms with Crippen molar-refractivity contribution in [1.82, 2.24) is 15.0 Å². The summed E-state index contributed by atoms with van der Waals surface area (Å²) < 4.78 is 0. The van der Waals surface area contributed by atoms with Gasteiger partial charge in [0, 0.05) is 29.1 Å².